The van der Waals surface area contributed by atoms with Crippen molar-refractivity contribution in [1.29, 1.82) is 0 Å². The summed E-state index contributed by atoms with van der Waals surface area (Å²) in [6.07, 6.45) is 5.44. The van der Waals surface area contributed by atoms with Gasteiger partial charge in [0.05, 0.1) is 0 Å². The van der Waals surface area contributed by atoms with Crippen LogP contribution in [0.5, 0.6) is 0 Å². The third kappa shape index (κ3) is 4.83. The van der Waals surface area contributed by atoms with E-state index in [-0.39, 0.29) is 0 Å². The molecule has 0 aromatic carbocycles. The molecule has 0 radical (unpaired) electrons. The highest BCUT2D eigenvalue weighted by atomic mass is 32.1. The second kappa shape index (κ2) is 5.69. The van der Waals surface area contributed by atoms with Crippen LogP contribution in [0.3, 0.4) is 0 Å². The molecule has 0 aliphatic heterocycles. The highest BCUT2D eigenvalue weighted by Crippen LogP contribution is 2.36. The summed E-state index contributed by atoms with van der Waals surface area (Å²) in [6.45, 7) is 8.72. The molecule has 2 nitrogen and oxygen atoms in total. The molecule has 0 saturated heterocycles. The molecule has 3 heteroatoms. The van der Waals surface area contributed by atoms with Crippen LogP contribution in [0.1, 0.15) is 46.5 Å². The molecule has 0 spiro atoms. The van der Waals surface area contributed by atoms with E-state index < -0.39 is 0 Å². The Bertz CT molecular complexity index is 208. The van der Waals surface area contributed by atoms with E-state index in [1.54, 1.807) is 0 Å². The van der Waals surface area contributed by atoms with Gasteiger partial charge in [-0.3, -0.25) is 0 Å². The van der Waals surface area contributed by atoms with Gasteiger partial charge in [-0.2, -0.15) is 0 Å². The smallest absolute Gasteiger partial charge is 0.166 e. The Labute approximate surface area is 99.2 Å². The Kier molecular flexibility index (Phi) is 4.84. The highest BCUT2D eigenvalue weighted by molar-refractivity contribution is 7.80. The normalized spacial score (nSPS) is 19.2. The number of hydrogen-bond donors (Lipinski definition) is 2. The van der Waals surface area contributed by atoms with Gasteiger partial charge in [-0.15, -0.1) is 0 Å². The molecule has 15 heavy (non-hydrogen) atoms. The molecule has 1 fully saturated rings. The molecule has 0 heterocycles. The Morgan fingerprint density at radius 3 is 2.40 bits per heavy atom. The second-order valence-corrected chi connectivity index (χ2v) is 5.88. The van der Waals surface area contributed by atoms with Crippen molar-refractivity contribution in [2.45, 2.75) is 46.5 Å². The zero-order valence-electron chi connectivity index (χ0n) is 10.2. The van der Waals surface area contributed by atoms with E-state index in [9.17, 15) is 0 Å². The third-order valence-electron chi connectivity index (χ3n) is 3.16. The minimum atomic E-state index is 0.476. The van der Waals surface area contributed by atoms with E-state index in [1.165, 1.54) is 25.7 Å². The van der Waals surface area contributed by atoms with Gasteiger partial charge in [-0.1, -0.05) is 33.6 Å². The van der Waals surface area contributed by atoms with Crippen LogP contribution in [0.25, 0.3) is 0 Å². The van der Waals surface area contributed by atoms with Gasteiger partial charge < -0.3 is 10.6 Å². The van der Waals surface area contributed by atoms with Gasteiger partial charge in [0.2, 0.25) is 0 Å². The van der Waals surface area contributed by atoms with Crippen molar-refractivity contribution in [3.8, 4) is 0 Å². The summed E-state index contributed by atoms with van der Waals surface area (Å²) in [7, 11) is 0. The van der Waals surface area contributed by atoms with Gasteiger partial charge in [-0.05, 0) is 36.4 Å². The van der Waals surface area contributed by atoms with E-state index >= 15 is 0 Å². The molecule has 0 aromatic rings. The van der Waals surface area contributed by atoms with E-state index in [1.807, 2.05) is 0 Å². The first-order valence-electron chi connectivity index (χ1n) is 6.03. The van der Waals surface area contributed by atoms with Crippen molar-refractivity contribution < 1.29 is 0 Å². The average Bonchev–Trinajstić information content (AvgIpc) is 2.60. The molecular weight excluding hydrogens is 204 g/mol. The van der Waals surface area contributed by atoms with Crippen molar-refractivity contribution in [2.75, 3.05) is 13.1 Å². The Morgan fingerprint density at radius 1 is 1.27 bits per heavy atom. The maximum absolute atomic E-state index is 5.23. The van der Waals surface area contributed by atoms with Crippen LogP contribution < -0.4 is 10.6 Å². The maximum atomic E-state index is 5.23. The summed E-state index contributed by atoms with van der Waals surface area (Å²) in [5.41, 5.74) is 0.476. The standard InChI is InChI=1S/C12H24N2S/c1-10(2)8-13-11(15)14-9-12(3)6-4-5-7-12/h10H,4-9H2,1-3H3,(H2,13,14,15). The summed E-state index contributed by atoms with van der Waals surface area (Å²) >= 11 is 5.23. The molecule has 1 saturated carbocycles. The Balaban J connectivity index is 2.16. The summed E-state index contributed by atoms with van der Waals surface area (Å²) in [4.78, 5) is 0. The van der Waals surface area contributed by atoms with Crippen molar-refractivity contribution in [3.63, 3.8) is 0 Å². The molecule has 0 bridgehead atoms. The van der Waals surface area contributed by atoms with Crippen molar-refractivity contribution >= 4 is 17.3 Å². The molecule has 0 unspecified atom stereocenters. The Hall–Kier alpha value is -0.310. The lowest BCUT2D eigenvalue weighted by molar-refractivity contribution is 0.334. The largest absolute Gasteiger partial charge is 0.362 e. The minimum absolute atomic E-state index is 0.476. The molecule has 1 rings (SSSR count). The van der Waals surface area contributed by atoms with Crippen molar-refractivity contribution in [1.82, 2.24) is 10.6 Å². The van der Waals surface area contributed by atoms with Crippen LogP contribution >= 0.6 is 12.2 Å². The SMILES string of the molecule is CC(C)CNC(=S)NCC1(C)CCCC1. The van der Waals surface area contributed by atoms with E-state index in [0.29, 0.717) is 11.3 Å². The topological polar surface area (TPSA) is 24.1 Å². The lowest BCUT2D eigenvalue weighted by atomic mass is 9.89. The van der Waals surface area contributed by atoms with Crippen LogP contribution in [0.2, 0.25) is 0 Å². The molecule has 2 N–H and O–H groups in total. The molecule has 1 aliphatic carbocycles. The second-order valence-electron chi connectivity index (χ2n) is 5.48. The fourth-order valence-corrected chi connectivity index (χ4v) is 2.21. The summed E-state index contributed by atoms with van der Waals surface area (Å²) in [5, 5.41) is 7.40. The lowest BCUT2D eigenvalue weighted by Gasteiger charge is -2.25. The fourth-order valence-electron chi connectivity index (χ4n) is 2.06. The molecule has 0 atom stereocenters. The first-order valence-corrected chi connectivity index (χ1v) is 6.44. The van der Waals surface area contributed by atoms with Crippen LogP contribution in [-0.4, -0.2) is 18.2 Å². The first kappa shape index (κ1) is 12.8. The van der Waals surface area contributed by atoms with Crippen LogP contribution in [0, 0.1) is 11.3 Å². The van der Waals surface area contributed by atoms with E-state index in [2.05, 4.69) is 31.4 Å². The predicted octanol–water partition coefficient (Wildman–Crippen LogP) is 2.69. The summed E-state index contributed by atoms with van der Waals surface area (Å²) in [5.74, 6) is 0.645. The van der Waals surface area contributed by atoms with Gasteiger partial charge in [0, 0.05) is 13.1 Å². The average molecular weight is 228 g/mol. The molecule has 1 aliphatic rings. The zero-order valence-corrected chi connectivity index (χ0v) is 11.0. The quantitative estimate of drug-likeness (QED) is 0.724. The summed E-state index contributed by atoms with van der Waals surface area (Å²) in [6, 6.07) is 0. The fraction of sp³-hybridized carbons (Fsp3) is 0.917. The van der Waals surface area contributed by atoms with Crippen molar-refractivity contribution in [3.05, 3.63) is 0 Å². The number of hydrogen-bond acceptors (Lipinski definition) is 1. The first-order chi connectivity index (χ1) is 7.02. The molecular formula is C12H24N2S. The van der Waals surface area contributed by atoms with Gasteiger partial charge in [0.25, 0.3) is 0 Å². The van der Waals surface area contributed by atoms with Gasteiger partial charge in [0.1, 0.15) is 0 Å². The van der Waals surface area contributed by atoms with Crippen LogP contribution in [0.4, 0.5) is 0 Å². The Morgan fingerprint density at radius 2 is 1.87 bits per heavy atom. The molecule has 0 amide bonds. The predicted molar refractivity (Wildman–Crippen MR) is 70.0 cm³/mol. The number of nitrogens with one attached hydrogen (secondary N) is 2. The number of thiocarbonyl (C=S) groups is 1. The van der Waals surface area contributed by atoms with Gasteiger partial charge >= 0.3 is 0 Å². The number of rotatable bonds is 4. The highest BCUT2D eigenvalue weighted by Gasteiger charge is 2.28. The zero-order chi connectivity index (χ0) is 11.3. The van der Waals surface area contributed by atoms with Gasteiger partial charge in [-0.25, -0.2) is 0 Å². The lowest BCUT2D eigenvalue weighted by Crippen LogP contribution is -2.41. The minimum Gasteiger partial charge on any atom is -0.362 e. The maximum Gasteiger partial charge on any atom is 0.166 e. The molecule has 0 aromatic heterocycles. The summed E-state index contributed by atoms with van der Waals surface area (Å²) < 4.78 is 0. The monoisotopic (exact) mass is 228 g/mol. The van der Waals surface area contributed by atoms with Crippen LogP contribution in [0.15, 0.2) is 0 Å². The van der Waals surface area contributed by atoms with E-state index in [0.717, 1.165) is 18.2 Å². The molecule has 88 valence electrons. The van der Waals surface area contributed by atoms with Crippen molar-refractivity contribution in [2.24, 2.45) is 11.3 Å². The van der Waals surface area contributed by atoms with E-state index in [4.69, 9.17) is 12.2 Å². The van der Waals surface area contributed by atoms with Gasteiger partial charge in [0.15, 0.2) is 5.11 Å². The third-order valence-corrected chi connectivity index (χ3v) is 3.45. The van der Waals surface area contributed by atoms with Crippen LogP contribution in [-0.2, 0) is 0 Å².